The van der Waals surface area contributed by atoms with Gasteiger partial charge in [-0.25, -0.2) is 0 Å². The number of morpholine rings is 1. The van der Waals surface area contributed by atoms with E-state index in [1.807, 2.05) is 0 Å². The summed E-state index contributed by atoms with van der Waals surface area (Å²) in [5, 5.41) is 6.85. The average molecular weight is 431 g/mol. The van der Waals surface area contributed by atoms with E-state index >= 15 is 0 Å². The van der Waals surface area contributed by atoms with Crippen LogP contribution in [0.5, 0.6) is 0 Å². The maximum atomic E-state index is 11.4. The lowest BCUT2D eigenvalue weighted by Crippen LogP contribution is -2.43. The van der Waals surface area contributed by atoms with Gasteiger partial charge in [0.25, 0.3) is 0 Å². The van der Waals surface area contributed by atoms with Gasteiger partial charge in [-0.05, 0) is 43.5 Å². The number of carbonyl (C=O) groups is 1. The van der Waals surface area contributed by atoms with Gasteiger partial charge in [0.15, 0.2) is 5.96 Å². The molecule has 3 rings (SSSR count). The summed E-state index contributed by atoms with van der Waals surface area (Å²) < 4.78 is 5.46. The third-order valence-electron chi connectivity index (χ3n) is 6.14. The first kappa shape index (κ1) is 23.5. The highest BCUT2D eigenvalue weighted by Gasteiger charge is 2.23. The normalized spacial score (nSPS) is 21.1. The molecule has 0 aromatic heterocycles. The number of nitrogens with one attached hydrogen (secondary N) is 2. The summed E-state index contributed by atoms with van der Waals surface area (Å²) >= 11 is 0. The number of amides is 1. The van der Waals surface area contributed by atoms with Crippen LogP contribution >= 0.6 is 0 Å². The van der Waals surface area contributed by atoms with Crippen LogP contribution in [-0.4, -0.2) is 81.2 Å². The Labute approximate surface area is 186 Å². The van der Waals surface area contributed by atoms with E-state index in [2.05, 4.69) is 49.7 Å². The number of piperidine rings is 1. The minimum Gasteiger partial charge on any atom is -0.379 e. The maximum Gasteiger partial charge on any atom is 0.221 e. The number of guanidine groups is 1. The van der Waals surface area contributed by atoms with Gasteiger partial charge in [-0.2, -0.15) is 0 Å². The lowest BCUT2D eigenvalue weighted by atomic mass is 9.97. The first-order chi connectivity index (χ1) is 15.2. The molecule has 8 nitrogen and oxygen atoms in total. The Hall–Kier alpha value is -2.16. The summed E-state index contributed by atoms with van der Waals surface area (Å²) in [6, 6.07) is 8.59. The van der Waals surface area contributed by atoms with Gasteiger partial charge in [-0.3, -0.25) is 14.7 Å². The van der Waals surface area contributed by atoms with Gasteiger partial charge in [0, 0.05) is 46.3 Å². The molecule has 2 aliphatic rings. The summed E-state index contributed by atoms with van der Waals surface area (Å²) in [6.07, 6.45) is 2.97. The van der Waals surface area contributed by atoms with Gasteiger partial charge in [-0.1, -0.05) is 24.3 Å². The van der Waals surface area contributed by atoms with Crippen molar-refractivity contribution >= 4 is 11.9 Å². The monoisotopic (exact) mass is 430 g/mol. The fourth-order valence-electron chi connectivity index (χ4n) is 4.28. The third-order valence-corrected chi connectivity index (χ3v) is 6.14. The van der Waals surface area contributed by atoms with Crippen molar-refractivity contribution in [1.82, 2.24) is 20.4 Å². The number of nitrogens with two attached hydrogens (primary N) is 1. The predicted octanol–water partition coefficient (Wildman–Crippen LogP) is 0.771. The molecule has 172 valence electrons. The Morgan fingerprint density at radius 1 is 1.16 bits per heavy atom. The van der Waals surface area contributed by atoms with Gasteiger partial charge in [-0.15, -0.1) is 0 Å². The van der Waals surface area contributed by atoms with E-state index < -0.39 is 0 Å². The van der Waals surface area contributed by atoms with Crippen LogP contribution in [0.15, 0.2) is 29.3 Å². The molecule has 0 spiro atoms. The van der Waals surface area contributed by atoms with Crippen molar-refractivity contribution < 1.29 is 9.53 Å². The van der Waals surface area contributed by atoms with E-state index in [1.54, 1.807) is 7.05 Å². The number of rotatable bonds is 9. The Morgan fingerprint density at radius 2 is 1.94 bits per heavy atom. The minimum absolute atomic E-state index is 0.00803. The van der Waals surface area contributed by atoms with Crippen molar-refractivity contribution in [3.05, 3.63) is 35.4 Å². The van der Waals surface area contributed by atoms with Crippen molar-refractivity contribution in [2.24, 2.45) is 16.6 Å². The molecule has 8 heteroatoms. The van der Waals surface area contributed by atoms with Crippen LogP contribution < -0.4 is 16.4 Å². The van der Waals surface area contributed by atoms with Crippen LogP contribution in [0.2, 0.25) is 0 Å². The molecule has 1 aromatic carbocycles. The van der Waals surface area contributed by atoms with Gasteiger partial charge < -0.3 is 26.0 Å². The topological polar surface area (TPSA) is 95.2 Å². The summed E-state index contributed by atoms with van der Waals surface area (Å²) in [7, 11) is 1.80. The van der Waals surface area contributed by atoms with Crippen LogP contribution in [0, 0.1) is 5.92 Å². The quantitative estimate of drug-likeness (QED) is 0.304. The van der Waals surface area contributed by atoms with E-state index in [0.29, 0.717) is 0 Å². The summed E-state index contributed by atoms with van der Waals surface area (Å²) in [5.41, 5.74) is 8.12. The molecule has 4 N–H and O–H groups in total. The fourth-order valence-corrected chi connectivity index (χ4v) is 4.28. The van der Waals surface area contributed by atoms with Crippen LogP contribution in [0.3, 0.4) is 0 Å². The lowest BCUT2D eigenvalue weighted by Gasteiger charge is -2.31. The van der Waals surface area contributed by atoms with Crippen LogP contribution in [0.4, 0.5) is 0 Å². The average Bonchev–Trinajstić information content (AvgIpc) is 2.80. The number of aliphatic imine (C=N–C) groups is 1. The van der Waals surface area contributed by atoms with E-state index in [-0.39, 0.29) is 11.8 Å². The molecule has 1 aromatic rings. The third kappa shape index (κ3) is 7.79. The first-order valence-corrected chi connectivity index (χ1v) is 11.5. The van der Waals surface area contributed by atoms with Crippen molar-refractivity contribution in [3.8, 4) is 0 Å². The second-order valence-electron chi connectivity index (χ2n) is 8.41. The highest BCUT2D eigenvalue weighted by molar-refractivity contribution is 5.79. The van der Waals surface area contributed by atoms with E-state index in [4.69, 9.17) is 10.5 Å². The number of hydrogen-bond donors (Lipinski definition) is 3. The smallest absolute Gasteiger partial charge is 0.221 e. The Bertz CT molecular complexity index is 720. The first-order valence-electron chi connectivity index (χ1n) is 11.5. The number of nitrogens with zero attached hydrogens (tertiary/aromatic N) is 3. The van der Waals surface area contributed by atoms with E-state index in [9.17, 15) is 4.79 Å². The zero-order chi connectivity index (χ0) is 21.9. The van der Waals surface area contributed by atoms with Gasteiger partial charge in [0.1, 0.15) is 0 Å². The number of likely N-dealkylation sites (tertiary alicyclic amines) is 1. The van der Waals surface area contributed by atoms with Crippen LogP contribution in [0.1, 0.15) is 30.4 Å². The maximum absolute atomic E-state index is 11.4. The summed E-state index contributed by atoms with van der Waals surface area (Å²) in [5.74, 6) is 0.657. The molecule has 2 fully saturated rings. The standard InChI is InChI=1S/C23H38N6O2/c1-25-23(26-9-5-11-28-10-4-8-21(18-28)22(24)30)27-16-19-6-2-3-7-20(19)17-29-12-14-31-15-13-29/h2-3,6-7,21H,4-5,8-18H2,1H3,(H2,24,30)(H2,25,26,27). The van der Waals surface area contributed by atoms with Crippen molar-refractivity contribution in [3.63, 3.8) is 0 Å². The largest absolute Gasteiger partial charge is 0.379 e. The minimum atomic E-state index is -0.165. The lowest BCUT2D eigenvalue weighted by molar-refractivity contribution is -0.123. The SMILES string of the molecule is CN=C(NCCCN1CCCC(C(N)=O)C1)NCc1ccccc1CN1CCOCC1. The molecule has 2 aliphatic heterocycles. The number of carbonyl (C=O) groups excluding carboxylic acids is 1. The number of hydrogen-bond acceptors (Lipinski definition) is 5. The summed E-state index contributed by atoms with van der Waals surface area (Å²) in [6.45, 7) is 8.96. The highest BCUT2D eigenvalue weighted by atomic mass is 16.5. The Kier molecular flexibility index (Phi) is 9.58. The Balaban J connectivity index is 1.39. The molecule has 1 amide bonds. The number of benzene rings is 1. The van der Waals surface area contributed by atoms with E-state index in [1.165, 1.54) is 11.1 Å². The van der Waals surface area contributed by atoms with Gasteiger partial charge in [0.2, 0.25) is 5.91 Å². The molecule has 0 aliphatic carbocycles. The van der Waals surface area contributed by atoms with Crippen molar-refractivity contribution in [2.75, 3.05) is 59.5 Å². The molecule has 2 saturated heterocycles. The second kappa shape index (κ2) is 12.6. The van der Waals surface area contributed by atoms with Crippen LogP contribution in [0.25, 0.3) is 0 Å². The molecule has 0 bridgehead atoms. The number of primary amides is 1. The van der Waals surface area contributed by atoms with Crippen LogP contribution in [-0.2, 0) is 22.6 Å². The zero-order valence-electron chi connectivity index (χ0n) is 18.8. The Morgan fingerprint density at radius 3 is 2.68 bits per heavy atom. The molecule has 2 heterocycles. The highest BCUT2D eigenvalue weighted by Crippen LogP contribution is 2.16. The predicted molar refractivity (Wildman–Crippen MR) is 124 cm³/mol. The fraction of sp³-hybridized carbons (Fsp3) is 0.652. The number of ether oxygens (including phenoxy) is 1. The van der Waals surface area contributed by atoms with Crippen molar-refractivity contribution in [2.45, 2.75) is 32.4 Å². The zero-order valence-corrected chi connectivity index (χ0v) is 18.8. The second-order valence-corrected chi connectivity index (χ2v) is 8.41. The summed E-state index contributed by atoms with van der Waals surface area (Å²) in [4.78, 5) is 20.6. The van der Waals surface area contributed by atoms with Crippen molar-refractivity contribution in [1.29, 1.82) is 0 Å². The van der Waals surface area contributed by atoms with E-state index in [0.717, 1.165) is 90.8 Å². The molecule has 1 atom stereocenters. The van der Waals surface area contributed by atoms with Gasteiger partial charge in [0.05, 0.1) is 19.1 Å². The molecule has 31 heavy (non-hydrogen) atoms. The molecule has 1 unspecified atom stereocenters. The molecular formula is C23H38N6O2. The molecule has 0 radical (unpaired) electrons. The molecule has 0 saturated carbocycles. The van der Waals surface area contributed by atoms with Gasteiger partial charge >= 0.3 is 0 Å². The molecular weight excluding hydrogens is 392 g/mol.